The molecule has 0 aliphatic rings. The molecule has 2 aromatic rings. The van der Waals surface area contributed by atoms with Crippen LogP contribution in [0.4, 0.5) is 0 Å². The summed E-state index contributed by atoms with van der Waals surface area (Å²) >= 11 is 1.76. The molecule has 0 amide bonds. The number of nitrogens with zero attached hydrogens (tertiary/aromatic N) is 2. The fourth-order valence-corrected chi connectivity index (χ4v) is 3.25. The largest absolute Gasteiger partial charge is 0.508 e. The van der Waals surface area contributed by atoms with Gasteiger partial charge in [0.1, 0.15) is 5.75 Å². The van der Waals surface area contributed by atoms with E-state index in [1.54, 1.807) is 30.5 Å². The molecule has 6 heteroatoms. The zero-order valence-electron chi connectivity index (χ0n) is 14.6. The van der Waals surface area contributed by atoms with Crippen LogP contribution in [-0.4, -0.2) is 36.2 Å². The molecule has 0 aliphatic carbocycles. The minimum Gasteiger partial charge on any atom is -0.508 e. The van der Waals surface area contributed by atoms with E-state index in [1.165, 1.54) is 15.4 Å². The molecule has 0 bridgehead atoms. The van der Waals surface area contributed by atoms with E-state index < -0.39 is 0 Å². The highest BCUT2D eigenvalue weighted by atomic mass is 32.1. The minimum absolute atomic E-state index is 0.312. The quantitative estimate of drug-likeness (QED) is 0.410. The van der Waals surface area contributed by atoms with Crippen LogP contribution >= 0.6 is 11.3 Å². The fourth-order valence-electron chi connectivity index (χ4n) is 2.32. The SMILES string of the molecule is CN=C(NCCCc1ccc(O)cc1)NCCc1nc(C)c(C)s1. The zero-order chi connectivity index (χ0) is 17.4. The van der Waals surface area contributed by atoms with Crippen molar-refractivity contribution in [3.05, 3.63) is 45.4 Å². The van der Waals surface area contributed by atoms with Crippen LogP contribution in [-0.2, 0) is 12.8 Å². The average Bonchev–Trinajstić information content (AvgIpc) is 2.89. The van der Waals surface area contributed by atoms with Gasteiger partial charge >= 0.3 is 0 Å². The highest BCUT2D eigenvalue weighted by Crippen LogP contribution is 2.16. The molecule has 0 spiro atoms. The standard InChI is InChI=1S/C18H26N4OS/c1-13-14(2)24-17(22-13)10-12-21-18(19-3)20-11-4-5-15-6-8-16(23)9-7-15/h6-9,23H,4-5,10-12H2,1-3H3,(H2,19,20,21). The minimum atomic E-state index is 0.312. The second-order valence-electron chi connectivity index (χ2n) is 5.69. The summed E-state index contributed by atoms with van der Waals surface area (Å²) in [5.74, 6) is 1.14. The van der Waals surface area contributed by atoms with Crippen molar-refractivity contribution in [1.29, 1.82) is 0 Å². The number of phenols is 1. The molecule has 0 radical (unpaired) electrons. The maximum atomic E-state index is 9.27. The van der Waals surface area contributed by atoms with E-state index in [4.69, 9.17) is 0 Å². The van der Waals surface area contributed by atoms with E-state index in [2.05, 4.69) is 34.5 Å². The maximum absolute atomic E-state index is 9.27. The Kier molecular flexibility index (Phi) is 7.06. The van der Waals surface area contributed by atoms with Crippen LogP contribution in [0.2, 0.25) is 0 Å². The van der Waals surface area contributed by atoms with Gasteiger partial charge in [0.25, 0.3) is 0 Å². The lowest BCUT2D eigenvalue weighted by Crippen LogP contribution is -2.38. The lowest BCUT2D eigenvalue weighted by Gasteiger charge is -2.11. The molecule has 3 N–H and O–H groups in total. The van der Waals surface area contributed by atoms with Gasteiger partial charge in [-0.3, -0.25) is 4.99 Å². The highest BCUT2D eigenvalue weighted by Gasteiger charge is 2.04. The van der Waals surface area contributed by atoms with Crippen LogP contribution in [0.3, 0.4) is 0 Å². The molecule has 5 nitrogen and oxygen atoms in total. The number of nitrogens with one attached hydrogen (secondary N) is 2. The molecule has 2 rings (SSSR count). The van der Waals surface area contributed by atoms with Gasteiger partial charge in [0.05, 0.1) is 10.7 Å². The first-order valence-corrected chi connectivity index (χ1v) is 9.05. The molecule has 0 fully saturated rings. The molecule has 1 aromatic heterocycles. The van der Waals surface area contributed by atoms with Crippen molar-refractivity contribution < 1.29 is 5.11 Å². The Morgan fingerprint density at radius 2 is 1.83 bits per heavy atom. The van der Waals surface area contributed by atoms with E-state index in [9.17, 15) is 5.11 Å². The highest BCUT2D eigenvalue weighted by molar-refractivity contribution is 7.11. The van der Waals surface area contributed by atoms with Crippen molar-refractivity contribution >= 4 is 17.3 Å². The van der Waals surface area contributed by atoms with Crippen molar-refractivity contribution in [2.45, 2.75) is 33.1 Å². The number of aromatic nitrogens is 1. The molecular weight excluding hydrogens is 320 g/mol. The van der Waals surface area contributed by atoms with E-state index in [-0.39, 0.29) is 0 Å². The van der Waals surface area contributed by atoms with Gasteiger partial charge < -0.3 is 15.7 Å². The van der Waals surface area contributed by atoms with Crippen LogP contribution in [0.15, 0.2) is 29.3 Å². The van der Waals surface area contributed by atoms with Crippen LogP contribution in [0.25, 0.3) is 0 Å². The van der Waals surface area contributed by atoms with Gasteiger partial charge in [0.15, 0.2) is 5.96 Å². The lowest BCUT2D eigenvalue weighted by molar-refractivity contribution is 0.475. The maximum Gasteiger partial charge on any atom is 0.190 e. The molecule has 0 saturated carbocycles. The van der Waals surface area contributed by atoms with E-state index in [1.807, 2.05) is 12.1 Å². The van der Waals surface area contributed by atoms with Gasteiger partial charge in [-0.1, -0.05) is 12.1 Å². The first-order valence-electron chi connectivity index (χ1n) is 8.24. The Bertz CT molecular complexity index is 645. The third-order valence-electron chi connectivity index (χ3n) is 3.80. The monoisotopic (exact) mass is 346 g/mol. The summed E-state index contributed by atoms with van der Waals surface area (Å²) in [5.41, 5.74) is 2.36. The molecule has 1 aromatic carbocycles. The van der Waals surface area contributed by atoms with Crippen LogP contribution < -0.4 is 10.6 Å². The molecule has 0 saturated heterocycles. The van der Waals surface area contributed by atoms with E-state index >= 15 is 0 Å². The van der Waals surface area contributed by atoms with Crippen molar-refractivity contribution in [2.24, 2.45) is 4.99 Å². The Labute approximate surface area is 147 Å². The zero-order valence-corrected chi connectivity index (χ0v) is 15.4. The summed E-state index contributed by atoms with van der Waals surface area (Å²) in [7, 11) is 1.78. The second-order valence-corrected chi connectivity index (χ2v) is 6.98. The number of phenolic OH excluding ortho intramolecular Hbond substituents is 1. The predicted octanol–water partition coefficient (Wildman–Crippen LogP) is 2.81. The number of hydrogen-bond acceptors (Lipinski definition) is 4. The topological polar surface area (TPSA) is 69.5 Å². The van der Waals surface area contributed by atoms with Crippen molar-refractivity contribution in [2.75, 3.05) is 20.1 Å². The number of rotatable bonds is 7. The molecule has 0 unspecified atom stereocenters. The van der Waals surface area contributed by atoms with Crippen molar-refractivity contribution in [3.63, 3.8) is 0 Å². The molecule has 24 heavy (non-hydrogen) atoms. The van der Waals surface area contributed by atoms with Gasteiger partial charge in [-0.2, -0.15) is 0 Å². The second kappa shape index (κ2) is 9.27. The Hall–Kier alpha value is -2.08. The third-order valence-corrected chi connectivity index (χ3v) is 4.93. The number of guanidine groups is 1. The van der Waals surface area contributed by atoms with E-state index in [0.717, 1.165) is 44.0 Å². The van der Waals surface area contributed by atoms with Gasteiger partial charge in [-0.05, 0) is 44.4 Å². The Balaban J connectivity index is 1.64. The van der Waals surface area contributed by atoms with Crippen LogP contribution in [0.1, 0.15) is 27.6 Å². The summed E-state index contributed by atoms with van der Waals surface area (Å²) < 4.78 is 0. The summed E-state index contributed by atoms with van der Waals surface area (Å²) in [6.07, 6.45) is 2.89. The number of aromatic hydroxyl groups is 1. The predicted molar refractivity (Wildman–Crippen MR) is 101 cm³/mol. The number of aryl methyl sites for hydroxylation is 3. The first-order chi connectivity index (χ1) is 11.6. The molecule has 0 aliphatic heterocycles. The Morgan fingerprint density at radius 1 is 1.12 bits per heavy atom. The smallest absolute Gasteiger partial charge is 0.190 e. The summed E-state index contributed by atoms with van der Waals surface area (Å²) in [6.45, 7) is 5.84. The lowest BCUT2D eigenvalue weighted by atomic mass is 10.1. The first kappa shape index (κ1) is 18.3. The molecule has 1 heterocycles. The van der Waals surface area contributed by atoms with Crippen molar-refractivity contribution in [1.82, 2.24) is 15.6 Å². The fraction of sp³-hybridized carbons (Fsp3) is 0.444. The van der Waals surface area contributed by atoms with Gasteiger partial charge in [-0.15, -0.1) is 11.3 Å². The van der Waals surface area contributed by atoms with Crippen LogP contribution in [0.5, 0.6) is 5.75 Å². The van der Waals surface area contributed by atoms with Gasteiger partial charge in [0.2, 0.25) is 0 Å². The summed E-state index contributed by atoms with van der Waals surface area (Å²) in [4.78, 5) is 10.1. The molecular formula is C18H26N4OS. The molecule has 130 valence electrons. The number of benzene rings is 1. The van der Waals surface area contributed by atoms with E-state index in [0.29, 0.717) is 5.75 Å². The molecule has 0 atom stereocenters. The van der Waals surface area contributed by atoms with Crippen molar-refractivity contribution in [3.8, 4) is 5.75 Å². The average molecular weight is 347 g/mol. The van der Waals surface area contributed by atoms with Gasteiger partial charge in [-0.25, -0.2) is 4.98 Å². The number of aliphatic imine (C=N–C) groups is 1. The number of thiazole rings is 1. The number of hydrogen-bond donors (Lipinski definition) is 3. The summed E-state index contributed by atoms with van der Waals surface area (Å²) in [6, 6.07) is 7.37. The van der Waals surface area contributed by atoms with Crippen LogP contribution in [0, 0.1) is 13.8 Å². The Morgan fingerprint density at radius 3 is 2.46 bits per heavy atom. The third kappa shape index (κ3) is 5.85. The normalized spacial score (nSPS) is 11.5. The van der Waals surface area contributed by atoms with Gasteiger partial charge in [0, 0.05) is 31.4 Å². The summed E-state index contributed by atoms with van der Waals surface area (Å²) in [5, 5.41) is 17.1.